The molecule has 0 fully saturated rings. The van der Waals surface area contributed by atoms with Gasteiger partial charge in [0.1, 0.15) is 18.5 Å². The summed E-state index contributed by atoms with van der Waals surface area (Å²) in [6.45, 7) is 0.104. The minimum atomic E-state index is -1.22. The molecule has 27 heavy (non-hydrogen) atoms. The van der Waals surface area contributed by atoms with Gasteiger partial charge in [0, 0.05) is 12.1 Å². The summed E-state index contributed by atoms with van der Waals surface area (Å²) < 4.78 is 18.8. The standard InChI is InChI=1S/C21H15ClFNO3/c22-20(25)19-11-13(23)9-10-24(19)21(26)27-12-18-16-7-3-1-5-14(16)15-6-2-4-8-17(15)18/h1-11,18-19H,12H2/t19-/m1/s1. The lowest BCUT2D eigenvalue weighted by Gasteiger charge is -2.26. The fourth-order valence-electron chi connectivity index (χ4n) is 3.55. The van der Waals surface area contributed by atoms with E-state index in [0.717, 1.165) is 39.3 Å². The Bertz CT molecular complexity index is 939. The Labute approximate surface area is 160 Å². The van der Waals surface area contributed by atoms with E-state index in [1.54, 1.807) is 0 Å². The second kappa shape index (κ2) is 7.00. The lowest BCUT2D eigenvalue weighted by molar-refractivity contribution is -0.114. The number of amides is 1. The van der Waals surface area contributed by atoms with Gasteiger partial charge in [0.2, 0.25) is 5.24 Å². The summed E-state index contributed by atoms with van der Waals surface area (Å²) in [5.41, 5.74) is 4.39. The Balaban J connectivity index is 1.55. The summed E-state index contributed by atoms with van der Waals surface area (Å²) in [5, 5.41) is -0.858. The van der Waals surface area contributed by atoms with E-state index in [2.05, 4.69) is 0 Å². The van der Waals surface area contributed by atoms with Crippen molar-refractivity contribution in [3.05, 3.63) is 83.8 Å². The molecule has 1 heterocycles. The zero-order valence-electron chi connectivity index (χ0n) is 14.1. The maximum absolute atomic E-state index is 13.4. The van der Waals surface area contributed by atoms with Gasteiger partial charge in [-0.3, -0.25) is 9.69 Å². The smallest absolute Gasteiger partial charge is 0.414 e. The Hall–Kier alpha value is -2.92. The monoisotopic (exact) mass is 383 g/mol. The lowest BCUT2D eigenvalue weighted by atomic mass is 9.98. The minimum Gasteiger partial charge on any atom is -0.448 e. The van der Waals surface area contributed by atoms with Gasteiger partial charge >= 0.3 is 6.09 Å². The molecule has 0 unspecified atom stereocenters. The number of fused-ring (bicyclic) bond motifs is 3. The van der Waals surface area contributed by atoms with Crippen LogP contribution in [0, 0.1) is 0 Å². The van der Waals surface area contributed by atoms with Crippen LogP contribution in [-0.2, 0) is 9.53 Å². The molecule has 0 saturated carbocycles. The Morgan fingerprint density at radius 2 is 1.63 bits per heavy atom. The molecule has 4 rings (SSSR count). The average molecular weight is 384 g/mol. The molecule has 1 aliphatic heterocycles. The van der Waals surface area contributed by atoms with Crippen molar-refractivity contribution in [1.29, 1.82) is 0 Å². The number of allylic oxidation sites excluding steroid dienone is 2. The molecule has 4 nitrogen and oxygen atoms in total. The number of benzene rings is 2. The van der Waals surface area contributed by atoms with Crippen molar-refractivity contribution in [2.75, 3.05) is 6.61 Å². The molecule has 136 valence electrons. The molecule has 2 aliphatic rings. The van der Waals surface area contributed by atoms with Crippen molar-refractivity contribution in [3.8, 4) is 11.1 Å². The first-order valence-electron chi connectivity index (χ1n) is 8.44. The van der Waals surface area contributed by atoms with Crippen molar-refractivity contribution < 1.29 is 18.7 Å². The normalized spacial score (nSPS) is 17.9. The van der Waals surface area contributed by atoms with E-state index in [9.17, 15) is 14.0 Å². The van der Waals surface area contributed by atoms with E-state index in [1.807, 2.05) is 48.5 Å². The number of halogens is 2. The summed E-state index contributed by atoms with van der Waals surface area (Å²) in [6.07, 6.45) is 2.48. The van der Waals surface area contributed by atoms with Crippen LogP contribution in [-0.4, -0.2) is 28.9 Å². The van der Waals surface area contributed by atoms with Gasteiger partial charge in [0.15, 0.2) is 0 Å². The molecule has 2 aromatic carbocycles. The predicted molar refractivity (Wildman–Crippen MR) is 99.9 cm³/mol. The first-order valence-corrected chi connectivity index (χ1v) is 8.82. The van der Waals surface area contributed by atoms with Gasteiger partial charge in [-0.15, -0.1) is 0 Å². The van der Waals surface area contributed by atoms with E-state index in [0.29, 0.717) is 0 Å². The summed E-state index contributed by atoms with van der Waals surface area (Å²) in [4.78, 5) is 25.0. The molecular weight excluding hydrogens is 369 g/mol. The fourth-order valence-corrected chi connectivity index (χ4v) is 3.72. The van der Waals surface area contributed by atoms with Crippen LogP contribution in [0.25, 0.3) is 11.1 Å². The SMILES string of the molecule is O=C(Cl)[C@H]1C=C(F)C=CN1C(=O)OCC1c2ccccc2-c2ccccc21. The summed E-state index contributed by atoms with van der Waals surface area (Å²) in [5.74, 6) is -0.732. The first-order chi connectivity index (χ1) is 13.1. The van der Waals surface area contributed by atoms with Gasteiger partial charge in [0.25, 0.3) is 0 Å². The van der Waals surface area contributed by atoms with Crippen molar-refractivity contribution >= 4 is 22.9 Å². The van der Waals surface area contributed by atoms with Crippen LogP contribution < -0.4 is 0 Å². The Morgan fingerprint density at radius 3 is 2.22 bits per heavy atom. The molecule has 1 amide bonds. The maximum Gasteiger partial charge on any atom is 0.414 e. The second-order valence-electron chi connectivity index (χ2n) is 6.33. The van der Waals surface area contributed by atoms with Gasteiger partial charge < -0.3 is 4.74 Å². The van der Waals surface area contributed by atoms with Crippen LogP contribution in [0.1, 0.15) is 17.0 Å². The number of carbonyl (C=O) groups is 2. The number of hydrogen-bond donors (Lipinski definition) is 0. The second-order valence-corrected chi connectivity index (χ2v) is 6.70. The van der Waals surface area contributed by atoms with E-state index in [-0.39, 0.29) is 12.5 Å². The van der Waals surface area contributed by atoms with Crippen LogP contribution >= 0.6 is 11.6 Å². The molecule has 0 bridgehead atoms. The number of carbonyl (C=O) groups excluding carboxylic acids is 2. The maximum atomic E-state index is 13.4. The van der Waals surface area contributed by atoms with Crippen LogP contribution in [0.4, 0.5) is 9.18 Å². The summed E-state index contributed by atoms with van der Waals surface area (Å²) in [7, 11) is 0. The molecule has 0 radical (unpaired) electrons. The minimum absolute atomic E-state index is 0.104. The van der Waals surface area contributed by atoms with Crippen LogP contribution in [0.5, 0.6) is 0 Å². The van der Waals surface area contributed by atoms with Crippen LogP contribution in [0.2, 0.25) is 0 Å². The van der Waals surface area contributed by atoms with Gasteiger partial charge in [-0.1, -0.05) is 48.5 Å². The van der Waals surface area contributed by atoms with Crippen molar-refractivity contribution in [1.82, 2.24) is 4.90 Å². The first kappa shape index (κ1) is 17.5. The highest BCUT2D eigenvalue weighted by Crippen LogP contribution is 2.44. The zero-order chi connectivity index (χ0) is 19.0. The molecule has 2 aromatic rings. The molecule has 6 heteroatoms. The highest BCUT2D eigenvalue weighted by molar-refractivity contribution is 6.65. The summed E-state index contributed by atoms with van der Waals surface area (Å²) >= 11 is 5.49. The fraction of sp³-hybridized carbons (Fsp3) is 0.143. The summed E-state index contributed by atoms with van der Waals surface area (Å²) in [6, 6.07) is 14.7. The Morgan fingerprint density at radius 1 is 1.04 bits per heavy atom. The van der Waals surface area contributed by atoms with Gasteiger partial charge in [-0.05, 0) is 46.0 Å². The van der Waals surface area contributed by atoms with E-state index < -0.39 is 23.2 Å². The molecule has 0 N–H and O–H groups in total. The molecule has 0 saturated heterocycles. The molecule has 1 atom stereocenters. The largest absolute Gasteiger partial charge is 0.448 e. The van der Waals surface area contributed by atoms with E-state index >= 15 is 0 Å². The van der Waals surface area contributed by atoms with Crippen molar-refractivity contribution in [3.63, 3.8) is 0 Å². The average Bonchev–Trinajstić information content (AvgIpc) is 3.00. The third-order valence-corrected chi connectivity index (χ3v) is 5.01. The van der Waals surface area contributed by atoms with E-state index in [4.69, 9.17) is 16.3 Å². The number of ether oxygens (including phenoxy) is 1. The predicted octanol–water partition coefficient (Wildman–Crippen LogP) is 4.75. The van der Waals surface area contributed by atoms with Crippen LogP contribution in [0.3, 0.4) is 0 Å². The van der Waals surface area contributed by atoms with Gasteiger partial charge in [-0.25, -0.2) is 9.18 Å². The third kappa shape index (κ3) is 3.15. The quantitative estimate of drug-likeness (QED) is 0.718. The van der Waals surface area contributed by atoms with Gasteiger partial charge in [-0.2, -0.15) is 0 Å². The Kier molecular flexibility index (Phi) is 4.54. The number of nitrogens with zero attached hydrogens (tertiary/aromatic N) is 1. The van der Waals surface area contributed by atoms with Crippen molar-refractivity contribution in [2.24, 2.45) is 0 Å². The molecule has 0 spiro atoms. The van der Waals surface area contributed by atoms with Gasteiger partial charge in [0.05, 0.1) is 0 Å². The third-order valence-electron chi connectivity index (χ3n) is 4.79. The van der Waals surface area contributed by atoms with Crippen LogP contribution in [0.15, 0.2) is 72.7 Å². The number of rotatable bonds is 3. The molecule has 1 aliphatic carbocycles. The highest BCUT2D eigenvalue weighted by atomic mass is 35.5. The lowest BCUT2D eigenvalue weighted by Crippen LogP contribution is -2.40. The molecular formula is C21H15ClFNO3. The zero-order valence-corrected chi connectivity index (χ0v) is 14.9. The van der Waals surface area contributed by atoms with Crippen molar-refractivity contribution in [2.45, 2.75) is 12.0 Å². The topological polar surface area (TPSA) is 46.6 Å². The number of hydrogen-bond acceptors (Lipinski definition) is 3. The van der Waals surface area contributed by atoms with E-state index in [1.165, 1.54) is 6.20 Å². The highest BCUT2D eigenvalue weighted by Gasteiger charge is 2.32. The molecule has 0 aromatic heterocycles.